The molecule has 0 atom stereocenters. The topological polar surface area (TPSA) is 74.9 Å². The molecule has 1 amide bonds. The van der Waals surface area contributed by atoms with E-state index in [2.05, 4.69) is 4.98 Å². The third-order valence-electron chi connectivity index (χ3n) is 3.43. The van der Waals surface area contributed by atoms with Crippen LogP contribution >= 0.6 is 0 Å². The molecule has 0 spiro atoms. The van der Waals surface area contributed by atoms with E-state index >= 15 is 0 Å². The van der Waals surface area contributed by atoms with E-state index < -0.39 is 0 Å². The minimum absolute atomic E-state index is 0.0500. The van der Waals surface area contributed by atoms with Crippen molar-refractivity contribution < 1.29 is 9.90 Å². The Morgan fingerprint density at radius 1 is 1.45 bits per heavy atom. The van der Waals surface area contributed by atoms with Gasteiger partial charge in [0.15, 0.2) is 0 Å². The first-order chi connectivity index (χ1) is 9.72. The number of aliphatic hydroxyl groups excluding tert-OH is 1. The molecule has 0 bridgehead atoms. The highest BCUT2D eigenvalue weighted by Crippen LogP contribution is 2.27. The zero-order valence-electron chi connectivity index (χ0n) is 10.9. The summed E-state index contributed by atoms with van der Waals surface area (Å²) in [5.74, 6) is -0.350. The van der Waals surface area contributed by atoms with Crippen LogP contribution < -0.4 is 5.56 Å². The van der Waals surface area contributed by atoms with Gasteiger partial charge in [-0.15, -0.1) is 0 Å². The first kappa shape index (κ1) is 12.8. The lowest BCUT2D eigenvalue weighted by atomic mass is 10.2. The molecule has 2 heterocycles. The number of nitrogens with zero attached hydrogens (tertiary/aromatic N) is 3. The van der Waals surface area contributed by atoms with Crippen molar-refractivity contribution in [1.82, 2.24) is 14.3 Å². The molecular weight excluding hydrogens is 258 g/mol. The maximum Gasteiger partial charge on any atom is 0.270 e. The van der Waals surface area contributed by atoms with Gasteiger partial charge in [0.25, 0.3) is 11.5 Å². The van der Waals surface area contributed by atoms with Crippen LogP contribution in [0, 0.1) is 0 Å². The zero-order valence-corrected chi connectivity index (χ0v) is 10.9. The van der Waals surface area contributed by atoms with Crippen molar-refractivity contribution in [2.24, 2.45) is 0 Å². The zero-order chi connectivity index (χ0) is 14.1. The molecule has 0 unspecified atom stereocenters. The summed E-state index contributed by atoms with van der Waals surface area (Å²) in [6, 6.07) is 5.36. The van der Waals surface area contributed by atoms with E-state index in [0.29, 0.717) is 5.65 Å². The van der Waals surface area contributed by atoms with Gasteiger partial charge in [-0.3, -0.25) is 14.0 Å². The first-order valence-electron chi connectivity index (χ1n) is 6.60. The number of hydrogen-bond acceptors (Lipinski definition) is 4. The Hall–Kier alpha value is -2.21. The lowest BCUT2D eigenvalue weighted by Gasteiger charge is -2.20. The second-order valence-electron chi connectivity index (χ2n) is 4.86. The number of rotatable bonds is 4. The average molecular weight is 273 g/mol. The number of amides is 1. The lowest BCUT2D eigenvalue weighted by molar-refractivity contribution is 0.0705. The molecule has 2 aromatic heterocycles. The Kier molecular flexibility index (Phi) is 3.23. The largest absolute Gasteiger partial charge is 0.395 e. The second-order valence-corrected chi connectivity index (χ2v) is 4.86. The highest BCUT2D eigenvalue weighted by molar-refractivity contribution is 5.94. The van der Waals surface area contributed by atoms with Crippen molar-refractivity contribution in [2.45, 2.75) is 18.9 Å². The van der Waals surface area contributed by atoms with Gasteiger partial charge in [0.1, 0.15) is 11.2 Å². The molecule has 1 fully saturated rings. The Morgan fingerprint density at radius 3 is 2.95 bits per heavy atom. The van der Waals surface area contributed by atoms with Gasteiger partial charge in [0.05, 0.1) is 6.61 Å². The van der Waals surface area contributed by atoms with E-state index in [1.54, 1.807) is 29.3 Å². The van der Waals surface area contributed by atoms with Gasteiger partial charge in [-0.2, -0.15) is 0 Å². The van der Waals surface area contributed by atoms with Gasteiger partial charge < -0.3 is 10.0 Å². The maximum absolute atomic E-state index is 12.4. The van der Waals surface area contributed by atoms with E-state index in [9.17, 15) is 9.59 Å². The van der Waals surface area contributed by atoms with Gasteiger partial charge >= 0.3 is 0 Å². The molecule has 0 aliphatic heterocycles. The maximum atomic E-state index is 12.4. The van der Waals surface area contributed by atoms with Crippen LogP contribution in [0.2, 0.25) is 0 Å². The number of carbonyl (C=O) groups excluding carboxylic acids is 1. The van der Waals surface area contributed by atoms with Gasteiger partial charge in [-0.05, 0) is 25.0 Å². The Balaban J connectivity index is 2.02. The smallest absolute Gasteiger partial charge is 0.270 e. The van der Waals surface area contributed by atoms with Gasteiger partial charge in [0, 0.05) is 25.0 Å². The minimum Gasteiger partial charge on any atom is -0.395 e. The van der Waals surface area contributed by atoms with Crippen molar-refractivity contribution >= 4 is 11.6 Å². The van der Waals surface area contributed by atoms with Crippen molar-refractivity contribution in [1.29, 1.82) is 0 Å². The highest BCUT2D eigenvalue weighted by atomic mass is 16.3. The van der Waals surface area contributed by atoms with Gasteiger partial charge in [-0.25, -0.2) is 4.98 Å². The number of aromatic nitrogens is 2. The van der Waals surface area contributed by atoms with Crippen LogP contribution in [-0.4, -0.2) is 44.5 Å². The molecule has 0 radical (unpaired) electrons. The number of pyridine rings is 1. The summed E-state index contributed by atoms with van der Waals surface area (Å²) in [5, 5.41) is 9.06. The predicted molar refractivity (Wildman–Crippen MR) is 72.6 cm³/mol. The standard InChI is InChI=1S/C14H15N3O3/c18-8-7-16(10-4-5-10)13(19)11-9-15-12-3-1-2-6-17(12)14(11)20/h1-3,6,9-10,18H,4-5,7-8H2. The number of hydrogen-bond donors (Lipinski definition) is 1. The molecule has 104 valence electrons. The van der Waals surface area contributed by atoms with Crippen LogP contribution in [0.25, 0.3) is 5.65 Å². The predicted octanol–water partition coefficient (Wildman–Crippen LogP) is 0.291. The van der Waals surface area contributed by atoms with E-state index in [4.69, 9.17) is 5.11 Å². The van der Waals surface area contributed by atoms with E-state index in [1.165, 1.54) is 10.6 Å². The van der Waals surface area contributed by atoms with E-state index in [-0.39, 0.29) is 36.2 Å². The Labute approximate surface area is 115 Å². The molecule has 3 rings (SSSR count). The van der Waals surface area contributed by atoms with E-state index in [0.717, 1.165) is 12.8 Å². The van der Waals surface area contributed by atoms with Gasteiger partial charge in [-0.1, -0.05) is 6.07 Å². The second kappa shape index (κ2) is 5.05. The molecule has 6 heteroatoms. The van der Waals surface area contributed by atoms with Crippen LogP contribution in [0.5, 0.6) is 0 Å². The fourth-order valence-electron chi connectivity index (χ4n) is 2.27. The van der Waals surface area contributed by atoms with Crippen molar-refractivity contribution in [3.05, 3.63) is 46.5 Å². The molecule has 1 aliphatic carbocycles. The highest BCUT2D eigenvalue weighted by Gasteiger charge is 2.33. The van der Waals surface area contributed by atoms with Crippen molar-refractivity contribution in [3.8, 4) is 0 Å². The molecule has 6 nitrogen and oxygen atoms in total. The first-order valence-corrected chi connectivity index (χ1v) is 6.60. The summed E-state index contributed by atoms with van der Waals surface area (Å²) >= 11 is 0. The Morgan fingerprint density at radius 2 is 2.25 bits per heavy atom. The Bertz CT molecular complexity index is 706. The molecular formula is C14H15N3O3. The van der Waals surface area contributed by atoms with Crippen molar-refractivity contribution in [2.75, 3.05) is 13.2 Å². The molecule has 0 saturated heterocycles. The third-order valence-corrected chi connectivity index (χ3v) is 3.43. The minimum atomic E-state index is -0.371. The fraction of sp³-hybridized carbons (Fsp3) is 0.357. The average Bonchev–Trinajstić information content (AvgIpc) is 3.29. The van der Waals surface area contributed by atoms with Crippen LogP contribution in [0.15, 0.2) is 35.4 Å². The van der Waals surface area contributed by atoms with Crippen LogP contribution in [0.1, 0.15) is 23.2 Å². The van der Waals surface area contributed by atoms with Crippen molar-refractivity contribution in [3.63, 3.8) is 0 Å². The van der Waals surface area contributed by atoms with Crippen LogP contribution in [0.4, 0.5) is 0 Å². The molecule has 1 saturated carbocycles. The normalized spacial score (nSPS) is 14.4. The SMILES string of the molecule is O=C(c1cnc2ccccn2c1=O)N(CCO)C1CC1. The molecule has 0 aromatic carbocycles. The lowest BCUT2D eigenvalue weighted by Crippen LogP contribution is -2.39. The molecule has 1 aliphatic rings. The summed E-state index contributed by atoms with van der Waals surface area (Å²) in [4.78, 5) is 30.5. The van der Waals surface area contributed by atoms with Crippen LogP contribution in [-0.2, 0) is 0 Å². The molecule has 1 N–H and O–H groups in total. The number of fused-ring (bicyclic) bond motifs is 1. The molecule has 20 heavy (non-hydrogen) atoms. The molecule has 2 aromatic rings. The monoisotopic (exact) mass is 273 g/mol. The quantitative estimate of drug-likeness (QED) is 0.869. The van der Waals surface area contributed by atoms with Crippen LogP contribution in [0.3, 0.4) is 0 Å². The summed E-state index contributed by atoms with van der Waals surface area (Å²) in [7, 11) is 0. The summed E-state index contributed by atoms with van der Waals surface area (Å²) in [5.41, 5.74) is 0.187. The summed E-state index contributed by atoms with van der Waals surface area (Å²) in [6.07, 6.45) is 4.77. The summed E-state index contributed by atoms with van der Waals surface area (Å²) < 4.78 is 1.36. The number of carbonyl (C=O) groups is 1. The summed E-state index contributed by atoms with van der Waals surface area (Å²) in [6.45, 7) is 0.144. The van der Waals surface area contributed by atoms with E-state index in [1.807, 2.05) is 0 Å². The number of aliphatic hydroxyl groups is 1. The fourth-order valence-corrected chi connectivity index (χ4v) is 2.27. The van der Waals surface area contributed by atoms with Gasteiger partial charge in [0.2, 0.25) is 0 Å². The third kappa shape index (κ3) is 2.18.